The van der Waals surface area contributed by atoms with Crippen LogP contribution in [0.15, 0.2) is 22.6 Å². The molecule has 0 radical (unpaired) electrons. The van der Waals surface area contributed by atoms with Crippen molar-refractivity contribution in [2.45, 2.75) is 20.3 Å². The molecule has 2 aromatic rings. The molecule has 0 aliphatic rings. The van der Waals surface area contributed by atoms with Crippen molar-refractivity contribution in [1.82, 2.24) is 0 Å². The molecule has 78 valence electrons. The van der Waals surface area contributed by atoms with Crippen LogP contribution in [0.2, 0.25) is 0 Å². The van der Waals surface area contributed by atoms with Gasteiger partial charge in [0, 0.05) is 6.42 Å². The second-order valence-electron chi connectivity index (χ2n) is 3.49. The molecule has 0 aliphatic heterocycles. The number of aryl methyl sites for hydroxylation is 1. The predicted octanol–water partition coefficient (Wildman–Crippen LogP) is 3.47. The van der Waals surface area contributed by atoms with E-state index in [0.717, 1.165) is 5.56 Å². The van der Waals surface area contributed by atoms with Gasteiger partial charge in [0.15, 0.2) is 11.5 Å². The molecule has 0 saturated carbocycles. The van der Waals surface area contributed by atoms with Crippen LogP contribution in [0, 0.1) is 12.7 Å². The van der Waals surface area contributed by atoms with Crippen LogP contribution in [0.1, 0.15) is 29.5 Å². The lowest BCUT2D eigenvalue weighted by atomic mass is 10.1. The minimum absolute atomic E-state index is 0.106. The summed E-state index contributed by atoms with van der Waals surface area (Å²) in [7, 11) is 0. The van der Waals surface area contributed by atoms with Gasteiger partial charge in [-0.25, -0.2) is 4.39 Å². The molecule has 1 heterocycles. The molecule has 0 spiro atoms. The first-order valence-corrected chi connectivity index (χ1v) is 4.85. The first-order chi connectivity index (χ1) is 7.13. The van der Waals surface area contributed by atoms with E-state index in [1.807, 2.05) is 6.92 Å². The third-order valence-electron chi connectivity index (χ3n) is 2.42. The van der Waals surface area contributed by atoms with Crippen LogP contribution in [0.4, 0.5) is 4.39 Å². The number of rotatable bonds is 2. The van der Waals surface area contributed by atoms with Gasteiger partial charge in [0.1, 0.15) is 11.4 Å². The molecule has 1 aromatic carbocycles. The van der Waals surface area contributed by atoms with Crippen molar-refractivity contribution in [3.05, 3.63) is 35.3 Å². The van der Waals surface area contributed by atoms with Crippen molar-refractivity contribution in [2.24, 2.45) is 0 Å². The van der Waals surface area contributed by atoms with E-state index in [4.69, 9.17) is 4.42 Å². The van der Waals surface area contributed by atoms with E-state index in [0.29, 0.717) is 17.4 Å². The van der Waals surface area contributed by atoms with Crippen molar-refractivity contribution in [3.8, 4) is 0 Å². The van der Waals surface area contributed by atoms with Gasteiger partial charge >= 0.3 is 0 Å². The van der Waals surface area contributed by atoms with E-state index < -0.39 is 0 Å². The first kappa shape index (κ1) is 9.90. The van der Waals surface area contributed by atoms with Crippen LogP contribution in [-0.4, -0.2) is 5.78 Å². The standard InChI is InChI=1S/C12H11FO2/c1-3-10(14)11-6-8-9(13)5-4-7(2)12(8)15-11/h4-6H,3H2,1-2H3. The number of hydrogen-bond donors (Lipinski definition) is 0. The van der Waals surface area contributed by atoms with Crippen LogP contribution in [0.3, 0.4) is 0 Å². The fraction of sp³-hybridized carbons (Fsp3) is 0.250. The van der Waals surface area contributed by atoms with Gasteiger partial charge in [-0.1, -0.05) is 13.0 Å². The molecule has 0 atom stereocenters. The van der Waals surface area contributed by atoms with Crippen LogP contribution >= 0.6 is 0 Å². The number of carbonyl (C=O) groups is 1. The summed E-state index contributed by atoms with van der Waals surface area (Å²) in [5.74, 6) is -0.222. The molecule has 0 fully saturated rings. The van der Waals surface area contributed by atoms with E-state index in [9.17, 15) is 9.18 Å². The first-order valence-electron chi connectivity index (χ1n) is 4.85. The third kappa shape index (κ3) is 1.54. The molecule has 0 bridgehead atoms. The van der Waals surface area contributed by atoms with Crippen LogP contribution < -0.4 is 0 Å². The zero-order chi connectivity index (χ0) is 11.0. The van der Waals surface area contributed by atoms with E-state index in [-0.39, 0.29) is 17.4 Å². The highest BCUT2D eigenvalue weighted by molar-refractivity contribution is 5.97. The highest BCUT2D eigenvalue weighted by atomic mass is 19.1. The Kier molecular flexibility index (Phi) is 2.31. The van der Waals surface area contributed by atoms with Crippen molar-refractivity contribution < 1.29 is 13.6 Å². The SMILES string of the molecule is CCC(=O)c1cc2c(F)ccc(C)c2o1. The van der Waals surface area contributed by atoms with Crippen molar-refractivity contribution in [3.63, 3.8) is 0 Å². The van der Waals surface area contributed by atoms with Crippen molar-refractivity contribution in [1.29, 1.82) is 0 Å². The number of furan rings is 1. The van der Waals surface area contributed by atoms with E-state index >= 15 is 0 Å². The molecular weight excluding hydrogens is 195 g/mol. The zero-order valence-corrected chi connectivity index (χ0v) is 8.63. The van der Waals surface area contributed by atoms with Gasteiger partial charge in [-0.3, -0.25) is 4.79 Å². The summed E-state index contributed by atoms with van der Waals surface area (Å²) in [5.41, 5.74) is 1.30. The molecule has 2 nitrogen and oxygen atoms in total. The predicted molar refractivity (Wildman–Crippen MR) is 55.5 cm³/mol. The number of fused-ring (bicyclic) bond motifs is 1. The van der Waals surface area contributed by atoms with Gasteiger partial charge in [0.2, 0.25) is 0 Å². The summed E-state index contributed by atoms with van der Waals surface area (Å²) in [6.45, 7) is 3.57. The molecule has 0 unspecified atom stereocenters. The molecular formula is C12H11FO2. The third-order valence-corrected chi connectivity index (χ3v) is 2.42. The van der Waals surface area contributed by atoms with Crippen molar-refractivity contribution in [2.75, 3.05) is 0 Å². The summed E-state index contributed by atoms with van der Waals surface area (Å²) in [6.07, 6.45) is 0.362. The smallest absolute Gasteiger partial charge is 0.197 e. The van der Waals surface area contributed by atoms with Gasteiger partial charge in [0.05, 0.1) is 5.39 Å². The maximum atomic E-state index is 13.4. The van der Waals surface area contributed by atoms with E-state index in [1.165, 1.54) is 12.1 Å². The lowest BCUT2D eigenvalue weighted by Gasteiger charge is -1.94. The minimum atomic E-state index is -0.352. The number of ketones is 1. The molecule has 2 rings (SSSR count). The molecule has 0 N–H and O–H groups in total. The summed E-state index contributed by atoms with van der Waals surface area (Å²) in [6, 6.07) is 4.50. The minimum Gasteiger partial charge on any atom is -0.453 e. The maximum absolute atomic E-state index is 13.4. The molecule has 0 aliphatic carbocycles. The van der Waals surface area contributed by atoms with Gasteiger partial charge in [-0.05, 0) is 24.6 Å². The maximum Gasteiger partial charge on any atom is 0.197 e. The van der Waals surface area contributed by atoms with E-state index in [2.05, 4.69) is 0 Å². The average molecular weight is 206 g/mol. The van der Waals surface area contributed by atoms with Gasteiger partial charge in [-0.15, -0.1) is 0 Å². The van der Waals surface area contributed by atoms with Crippen LogP contribution in [0.25, 0.3) is 11.0 Å². The normalized spacial score (nSPS) is 10.9. The zero-order valence-electron chi connectivity index (χ0n) is 8.63. The van der Waals surface area contributed by atoms with Crippen LogP contribution in [-0.2, 0) is 0 Å². The quantitative estimate of drug-likeness (QED) is 0.704. The highest BCUT2D eigenvalue weighted by Crippen LogP contribution is 2.25. The summed E-state index contributed by atoms with van der Waals surface area (Å²) in [4.78, 5) is 11.4. The monoisotopic (exact) mass is 206 g/mol. The van der Waals surface area contributed by atoms with E-state index in [1.54, 1.807) is 13.0 Å². The van der Waals surface area contributed by atoms with Gasteiger partial charge in [-0.2, -0.15) is 0 Å². The Balaban J connectivity index is 2.70. The molecule has 3 heteroatoms. The number of benzene rings is 1. The summed E-state index contributed by atoms with van der Waals surface area (Å²) < 4.78 is 18.7. The summed E-state index contributed by atoms with van der Waals surface area (Å²) in [5, 5.41) is 0.381. The Morgan fingerprint density at radius 2 is 2.20 bits per heavy atom. The van der Waals surface area contributed by atoms with Crippen LogP contribution in [0.5, 0.6) is 0 Å². The summed E-state index contributed by atoms with van der Waals surface area (Å²) >= 11 is 0. The lowest BCUT2D eigenvalue weighted by Crippen LogP contribution is -1.92. The number of hydrogen-bond acceptors (Lipinski definition) is 2. The Morgan fingerprint density at radius 3 is 2.80 bits per heavy atom. The van der Waals surface area contributed by atoms with Gasteiger partial charge in [0.25, 0.3) is 0 Å². The number of Topliss-reactive ketones (excluding diaryl/α,β-unsaturated/α-hetero) is 1. The topological polar surface area (TPSA) is 30.2 Å². The fourth-order valence-corrected chi connectivity index (χ4v) is 1.54. The second-order valence-corrected chi connectivity index (χ2v) is 3.49. The molecule has 0 amide bonds. The highest BCUT2D eigenvalue weighted by Gasteiger charge is 2.14. The Labute approximate surface area is 86.7 Å². The molecule has 0 saturated heterocycles. The average Bonchev–Trinajstić information content (AvgIpc) is 2.68. The Morgan fingerprint density at radius 1 is 1.47 bits per heavy atom. The second kappa shape index (κ2) is 3.50. The van der Waals surface area contributed by atoms with Crippen molar-refractivity contribution >= 4 is 16.8 Å². The Hall–Kier alpha value is -1.64. The largest absolute Gasteiger partial charge is 0.453 e. The molecule has 15 heavy (non-hydrogen) atoms. The number of halogens is 1. The lowest BCUT2D eigenvalue weighted by molar-refractivity contribution is 0.0963. The number of carbonyl (C=O) groups excluding carboxylic acids is 1. The fourth-order valence-electron chi connectivity index (χ4n) is 1.54. The molecule has 1 aromatic heterocycles. The van der Waals surface area contributed by atoms with Gasteiger partial charge < -0.3 is 4.42 Å². The Bertz CT molecular complexity index is 487.